The van der Waals surface area contributed by atoms with Gasteiger partial charge in [-0.05, 0) is 49.2 Å². The summed E-state index contributed by atoms with van der Waals surface area (Å²) in [6, 6.07) is 10.8. The van der Waals surface area contributed by atoms with Crippen molar-refractivity contribution in [1.82, 2.24) is 0 Å². The van der Waals surface area contributed by atoms with E-state index in [0.29, 0.717) is 31.5 Å². The molecule has 0 aliphatic carbocycles. The molecule has 0 saturated carbocycles. The maximum Gasteiger partial charge on any atom is 0.328 e. The Morgan fingerprint density at radius 3 is 2.44 bits per heavy atom. The number of hydrogen-bond acceptors (Lipinski definition) is 5. The van der Waals surface area contributed by atoms with Gasteiger partial charge in [0, 0.05) is 30.3 Å². The van der Waals surface area contributed by atoms with Gasteiger partial charge < -0.3 is 10.2 Å². The molecule has 0 bridgehead atoms. The molecule has 0 aromatic heterocycles. The van der Waals surface area contributed by atoms with Crippen molar-refractivity contribution in [3.8, 4) is 0 Å². The SMILES string of the molecule is O=Cc1ccc(N2CCC(C(=O)Nc3cccc(F)c3[N+](=O)[O-])CC2)cc1. The number of piperidine rings is 1. The number of nitrogens with one attached hydrogen (secondary N) is 1. The van der Waals surface area contributed by atoms with Crippen LogP contribution in [-0.2, 0) is 4.79 Å². The van der Waals surface area contributed by atoms with E-state index in [1.165, 1.54) is 12.1 Å². The summed E-state index contributed by atoms with van der Waals surface area (Å²) >= 11 is 0. The molecule has 1 fully saturated rings. The molecule has 0 radical (unpaired) electrons. The number of carbonyl (C=O) groups is 2. The fourth-order valence-electron chi connectivity index (χ4n) is 3.20. The smallest absolute Gasteiger partial charge is 0.328 e. The lowest BCUT2D eigenvalue weighted by molar-refractivity contribution is -0.386. The minimum absolute atomic E-state index is 0.128. The van der Waals surface area contributed by atoms with Crippen LogP contribution in [0.4, 0.5) is 21.5 Å². The van der Waals surface area contributed by atoms with Crippen LogP contribution < -0.4 is 10.2 Å². The number of nitrogens with zero attached hydrogens (tertiary/aromatic N) is 2. The maximum absolute atomic E-state index is 13.7. The summed E-state index contributed by atoms with van der Waals surface area (Å²) in [6.45, 7) is 1.29. The van der Waals surface area contributed by atoms with E-state index in [1.54, 1.807) is 12.1 Å². The van der Waals surface area contributed by atoms with Crippen LogP contribution in [0.5, 0.6) is 0 Å². The average molecular weight is 371 g/mol. The van der Waals surface area contributed by atoms with Gasteiger partial charge in [-0.2, -0.15) is 4.39 Å². The first-order valence-corrected chi connectivity index (χ1v) is 8.53. The highest BCUT2D eigenvalue weighted by Gasteiger charge is 2.28. The van der Waals surface area contributed by atoms with Crippen LogP contribution in [0, 0.1) is 21.8 Å². The molecule has 8 heteroatoms. The predicted molar refractivity (Wildman–Crippen MR) is 98.5 cm³/mol. The molecule has 7 nitrogen and oxygen atoms in total. The van der Waals surface area contributed by atoms with Gasteiger partial charge in [0.05, 0.1) is 4.92 Å². The molecule has 27 heavy (non-hydrogen) atoms. The quantitative estimate of drug-likeness (QED) is 0.494. The van der Waals surface area contributed by atoms with Gasteiger partial charge in [-0.25, -0.2) is 0 Å². The molecular weight excluding hydrogens is 353 g/mol. The Kier molecular flexibility index (Phi) is 5.44. The van der Waals surface area contributed by atoms with Crippen molar-refractivity contribution in [2.75, 3.05) is 23.3 Å². The third kappa shape index (κ3) is 4.11. The van der Waals surface area contributed by atoms with Gasteiger partial charge in [0.2, 0.25) is 11.7 Å². The number of halogens is 1. The summed E-state index contributed by atoms with van der Waals surface area (Å²) in [5, 5.41) is 13.5. The monoisotopic (exact) mass is 371 g/mol. The number of nitro benzene ring substituents is 1. The molecule has 3 rings (SSSR count). The lowest BCUT2D eigenvalue weighted by Crippen LogP contribution is -2.38. The molecule has 1 amide bonds. The van der Waals surface area contributed by atoms with Crippen molar-refractivity contribution in [1.29, 1.82) is 0 Å². The molecular formula is C19H18FN3O4. The molecule has 1 N–H and O–H groups in total. The summed E-state index contributed by atoms with van der Waals surface area (Å²) in [5.74, 6) is -1.63. The number of aldehydes is 1. The van der Waals surface area contributed by atoms with E-state index in [0.717, 1.165) is 18.0 Å². The van der Waals surface area contributed by atoms with Crippen LogP contribution in [0.25, 0.3) is 0 Å². The lowest BCUT2D eigenvalue weighted by Gasteiger charge is -2.33. The largest absolute Gasteiger partial charge is 0.371 e. The van der Waals surface area contributed by atoms with Crippen molar-refractivity contribution in [3.05, 3.63) is 64.0 Å². The van der Waals surface area contributed by atoms with E-state index in [2.05, 4.69) is 10.2 Å². The van der Waals surface area contributed by atoms with Gasteiger partial charge in [-0.1, -0.05) is 6.07 Å². The summed E-state index contributed by atoms with van der Waals surface area (Å²) in [6.07, 6.45) is 1.93. The minimum atomic E-state index is -0.980. The number of nitro groups is 1. The van der Waals surface area contributed by atoms with Gasteiger partial charge in [0.15, 0.2) is 0 Å². The normalized spacial score (nSPS) is 14.6. The number of para-hydroxylation sites is 1. The Labute approximate surface area is 154 Å². The second-order valence-electron chi connectivity index (χ2n) is 6.35. The molecule has 0 spiro atoms. The Bertz CT molecular complexity index is 862. The zero-order valence-corrected chi connectivity index (χ0v) is 14.4. The molecule has 0 unspecified atom stereocenters. The number of rotatable bonds is 5. The van der Waals surface area contributed by atoms with Gasteiger partial charge in [-0.15, -0.1) is 0 Å². The van der Waals surface area contributed by atoms with Gasteiger partial charge in [-0.3, -0.25) is 19.7 Å². The Balaban J connectivity index is 1.63. The van der Waals surface area contributed by atoms with Crippen molar-refractivity contribution >= 4 is 29.3 Å². The molecule has 1 aliphatic heterocycles. The third-order valence-corrected chi connectivity index (χ3v) is 4.69. The van der Waals surface area contributed by atoms with E-state index in [-0.39, 0.29) is 17.5 Å². The first-order chi connectivity index (χ1) is 13.0. The fourth-order valence-corrected chi connectivity index (χ4v) is 3.20. The second kappa shape index (κ2) is 7.94. The number of carbonyl (C=O) groups excluding carboxylic acids is 2. The van der Waals surface area contributed by atoms with Crippen LogP contribution >= 0.6 is 0 Å². The standard InChI is InChI=1S/C19H18FN3O4/c20-16-2-1-3-17(18(16)23(26)27)21-19(25)14-8-10-22(11-9-14)15-6-4-13(12-24)5-7-15/h1-7,12,14H,8-11H2,(H,21,25). The molecule has 1 aliphatic rings. The Morgan fingerprint density at radius 1 is 1.19 bits per heavy atom. The molecule has 2 aromatic carbocycles. The molecule has 1 saturated heterocycles. The molecule has 2 aromatic rings. The fraction of sp³-hybridized carbons (Fsp3) is 0.263. The summed E-state index contributed by atoms with van der Waals surface area (Å²) < 4.78 is 13.7. The van der Waals surface area contributed by atoms with Gasteiger partial charge in [0.25, 0.3) is 0 Å². The van der Waals surface area contributed by atoms with Crippen LogP contribution in [-0.4, -0.2) is 30.2 Å². The highest BCUT2D eigenvalue weighted by Crippen LogP contribution is 2.29. The van der Waals surface area contributed by atoms with E-state index in [9.17, 15) is 24.1 Å². The first kappa shape index (κ1) is 18.5. The number of amides is 1. The third-order valence-electron chi connectivity index (χ3n) is 4.69. The highest BCUT2D eigenvalue weighted by molar-refractivity contribution is 5.94. The Hall–Kier alpha value is -3.29. The zero-order valence-electron chi connectivity index (χ0n) is 14.4. The lowest BCUT2D eigenvalue weighted by atomic mass is 9.95. The van der Waals surface area contributed by atoms with E-state index < -0.39 is 16.4 Å². The summed E-state index contributed by atoms with van der Waals surface area (Å²) in [5.41, 5.74) is 0.723. The van der Waals surface area contributed by atoms with Crippen LogP contribution in [0.3, 0.4) is 0 Å². The van der Waals surface area contributed by atoms with Crippen molar-refractivity contribution < 1.29 is 18.9 Å². The van der Waals surface area contributed by atoms with E-state index in [4.69, 9.17) is 0 Å². The highest BCUT2D eigenvalue weighted by atomic mass is 19.1. The van der Waals surface area contributed by atoms with Crippen LogP contribution in [0.15, 0.2) is 42.5 Å². The molecule has 140 valence electrons. The van der Waals surface area contributed by atoms with Gasteiger partial charge in [0.1, 0.15) is 12.0 Å². The van der Waals surface area contributed by atoms with E-state index in [1.807, 2.05) is 12.1 Å². The van der Waals surface area contributed by atoms with E-state index >= 15 is 0 Å². The second-order valence-corrected chi connectivity index (χ2v) is 6.35. The topological polar surface area (TPSA) is 92.6 Å². The van der Waals surface area contributed by atoms with Gasteiger partial charge >= 0.3 is 5.69 Å². The average Bonchev–Trinajstić information content (AvgIpc) is 2.68. The number of hydrogen-bond donors (Lipinski definition) is 1. The molecule has 1 heterocycles. The van der Waals surface area contributed by atoms with Crippen molar-refractivity contribution in [3.63, 3.8) is 0 Å². The molecule has 0 atom stereocenters. The van der Waals surface area contributed by atoms with Crippen molar-refractivity contribution in [2.24, 2.45) is 5.92 Å². The number of anilines is 2. The van der Waals surface area contributed by atoms with Crippen molar-refractivity contribution in [2.45, 2.75) is 12.8 Å². The maximum atomic E-state index is 13.7. The Morgan fingerprint density at radius 2 is 1.85 bits per heavy atom. The van der Waals surface area contributed by atoms with Crippen LogP contribution in [0.2, 0.25) is 0 Å². The summed E-state index contributed by atoms with van der Waals surface area (Å²) in [7, 11) is 0. The first-order valence-electron chi connectivity index (χ1n) is 8.53. The van der Waals surface area contributed by atoms with Crippen LogP contribution in [0.1, 0.15) is 23.2 Å². The minimum Gasteiger partial charge on any atom is -0.371 e. The summed E-state index contributed by atoms with van der Waals surface area (Å²) in [4.78, 5) is 35.5. The zero-order chi connectivity index (χ0) is 19.4. The predicted octanol–water partition coefficient (Wildman–Crippen LogP) is 3.40. The number of benzene rings is 2.